The van der Waals surface area contributed by atoms with Gasteiger partial charge in [-0.3, -0.25) is 4.79 Å². The number of carbonyl (C=O) groups excluding carboxylic acids is 1. The Morgan fingerprint density at radius 2 is 2.23 bits per heavy atom. The lowest BCUT2D eigenvalue weighted by Gasteiger charge is -2.33. The van der Waals surface area contributed by atoms with Gasteiger partial charge >= 0.3 is 0 Å². The van der Waals surface area contributed by atoms with Gasteiger partial charge in [0.25, 0.3) is 5.91 Å². The third-order valence-electron chi connectivity index (χ3n) is 4.57. The van der Waals surface area contributed by atoms with Crippen molar-refractivity contribution in [3.63, 3.8) is 0 Å². The second-order valence-electron chi connectivity index (χ2n) is 6.43. The van der Waals surface area contributed by atoms with Crippen LogP contribution in [0.15, 0.2) is 30.5 Å². The number of fused-ring (bicyclic) bond motifs is 2. The van der Waals surface area contributed by atoms with Crippen LogP contribution in [0.25, 0.3) is 11.0 Å². The third-order valence-corrected chi connectivity index (χ3v) is 4.57. The van der Waals surface area contributed by atoms with Crippen molar-refractivity contribution in [3.05, 3.63) is 47.5 Å². The second kappa shape index (κ2) is 6.09. The van der Waals surface area contributed by atoms with E-state index in [2.05, 4.69) is 10.1 Å². The van der Waals surface area contributed by atoms with Crippen LogP contribution in [0.1, 0.15) is 29.9 Å². The lowest BCUT2D eigenvalue weighted by molar-refractivity contribution is 0.0958. The van der Waals surface area contributed by atoms with Crippen LogP contribution in [0.4, 0.5) is 10.1 Å². The molecule has 134 valence electrons. The normalized spacial score (nSPS) is 16.5. The van der Waals surface area contributed by atoms with Crippen LogP contribution in [0.2, 0.25) is 0 Å². The summed E-state index contributed by atoms with van der Waals surface area (Å²) in [6.07, 6.45) is 1.40. The van der Waals surface area contributed by atoms with E-state index in [0.717, 1.165) is 11.0 Å². The molecular weight excluding hydrogens is 335 g/mol. The van der Waals surface area contributed by atoms with Gasteiger partial charge in [-0.15, -0.1) is 0 Å². The zero-order valence-corrected chi connectivity index (χ0v) is 14.9. The zero-order valence-electron chi connectivity index (χ0n) is 14.9. The molecule has 7 heteroatoms. The summed E-state index contributed by atoms with van der Waals surface area (Å²) in [7, 11) is 0. The van der Waals surface area contributed by atoms with Crippen LogP contribution in [-0.4, -0.2) is 33.3 Å². The molecular formula is C19H19FN4O2. The molecule has 1 unspecified atom stereocenters. The number of anilines is 1. The molecule has 0 saturated carbocycles. The lowest BCUT2D eigenvalue weighted by Crippen LogP contribution is -2.43. The second-order valence-corrected chi connectivity index (χ2v) is 6.43. The summed E-state index contributed by atoms with van der Waals surface area (Å²) in [6, 6.07) is 6.40. The summed E-state index contributed by atoms with van der Waals surface area (Å²) in [5.41, 5.74) is 2.30. The number of ether oxygens (including phenoxy) is 1. The van der Waals surface area contributed by atoms with Crippen molar-refractivity contribution < 1.29 is 13.9 Å². The fourth-order valence-corrected chi connectivity index (χ4v) is 3.30. The topological polar surface area (TPSA) is 60.2 Å². The monoisotopic (exact) mass is 354 g/mol. The first-order chi connectivity index (χ1) is 12.5. The maximum atomic E-state index is 14.1. The lowest BCUT2D eigenvalue weighted by atomic mass is 10.1. The van der Waals surface area contributed by atoms with Crippen molar-refractivity contribution in [2.75, 3.05) is 11.4 Å². The van der Waals surface area contributed by atoms with Gasteiger partial charge in [0.05, 0.1) is 29.7 Å². The Morgan fingerprint density at radius 1 is 1.42 bits per heavy atom. The van der Waals surface area contributed by atoms with Gasteiger partial charge in [0.1, 0.15) is 6.10 Å². The van der Waals surface area contributed by atoms with Gasteiger partial charge in [-0.2, -0.15) is 5.10 Å². The first kappa shape index (κ1) is 16.5. The van der Waals surface area contributed by atoms with Crippen molar-refractivity contribution in [2.45, 2.75) is 33.4 Å². The molecule has 3 heterocycles. The molecule has 6 nitrogen and oxygen atoms in total. The van der Waals surface area contributed by atoms with E-state index in [1.165, 1.54) is 6.07 Å². The largest absolute Gasteiger partial charge is 0.484 e. The van der Waals surface area contributed by atoms with Gasteiger partial charge in [-0.1, -0.05) is 6.07 Å². The van der Waals surface area contributed by atoms with Crippen LogP contribution < -0.4 is 9.64 Å². The Hall–Kier alpha value is -2.96. The number of aromatic nitrogens is 3. The molecule has 4 rings (SSSR count). The molecule has 1 atom stereocenters. The molecule has 1 amide bonds. The fourth-order valence-electron chi connectivity index (χ4n) is 3.30. The minimum Gasteiger partial charge on any atom is -0.484 e. The van der Waals surface area contributed by atoms with Crippen molar-refractivity contribution in [1.29, 1.82) is 0 Å². The van der Waals surface area contributed by atoms with E-state index in [1.54, 1.807) is 40.9 Å². The predicted molar refractivity (Wildman–Crippen MR) is 96.1 cm³/mol. The van der Waals surface area contributed by atoms with Crippen LogP contribution in [0, 0.1) is 12.7 Å². The Labute approximate surface area is 150 Å². The minimum atomic E-state index is -0.471. The summed E-state index contributed by atoms with van der Waals surface area (Å²) >= 11 is 0. The maximum absolute atomic E-state index is 14.1. The number of hydrogen-bond donors (Lipinski definition) is 0. The molecule has 0 aliphatic carbocycles. The minimum absolute atomic E-state index is 0.116. The van der Waals surface area contributed by atoms with Crippen LogP contribution >= 0.6 is 0 Å². The standard InChI is InChI=1S/C19H19FN4O2/c1-4-24-18-13(9-21-24)8-14(12(3)22-18)19(25)23-10-11(2)26-17-15(20)6-5-7-16(17)23/h5-9,11H,4,10H2,1-3H3. The maximum Gasteiger partial charge on any atom is 0.260 e. The molecule has 1 aliphatic rings. The Kier molecular flexibility index (Phi) is 3.86. The number of nitrogens with zero attached hydrogens (tertiary/aromatic N) is 4. The van der Waals surface area contributed by atoms with Crippen molar-refractivity contribution >= 4 is 22.6 Å². The van der Waals surface area contributed by atoms with E-state index in [-0.39, 0.29) is 17.8 Å². The average molecular weight is 354 g/mol. The van der Waals surface area contributed by atoms with E-state index in [9.17, 15) is 9.18 Å². The molecule has 1 aromatic carbocycles. The Morgan fingerprint density at radius 3 is 3.00 bits per heavy atom. The quantitative estimate of drug-likeness (QED) is 0.708. The first-order valence-electron chi connectivity index (χ1n) is 8.59. The molecule has 3 aromatic rings. The number of amides is 1. The highest BCUT2D eigenvalue weighted by atomic mass is 19.1. The number of hydrogen-bond acceptors (Lipinski definition) is 4. The van der Waals surface area contributed by atoms with E-state index < -0.39 is 5.82 Å². The van der Waals surface area contributed by atoms with Gasteiger partial charge in [0.15, 0.2) is 17.2 Å². The van der Waals surface area contributed by atoms with E-state index in [4.69, 9.17) is 4.74 Å². The summed E-state index contributed by atoms with van der Waals surface area (Å²) in [6.45, 7) is 6.66. The van der Waals surface area contributed by atoms with Gasteiger partial charge in [-0.05, 0) is 39.0 Å². The number of aryl methyl sites for hydroxylation is 2. The van der Waals surface area contributed by atoms with E-state index in [1.807, 2.05) is 13.8 Å². The van der Waals surface area contributed by atoms with E-state index >= 15 is 0 Å². The van der Waals surface area contributed by atoms with Gasteiger partial charge < -0.3 is 9.64 Å². The van der Waals surface area contributed by atoms with Crippen LogP contribution in [0.3, 0.4) is 0 Å². The highest BCUT2D eigenvalue weighted by molar-refractivity contribution is 6.09. The molecule has 0 fully saturated rings. The summed E-state index contributed by atoms with van der Waals surface area (Å²) in [4.78, 5) is 19.4. The van der Waals surface area contributed by atoms with Gasteiger partial charge in [0, 0.05) is 11.9 Å². The molecule has 2 aromatic heterocycles. The van der Waals surface area contributed by atoms with Crippen molar-refractivity contribution in [3.8, 4) is 5.75 Å². The zero-order chi connectivity index (χ0) is 18.4. The van der Waals surface area contributed by atoms with Crippen molar-refractivity contribution in [2.24, 2.45) is 0 Å². The highest BCUT2D eigenvalue weighted by Crippen LogP contribution is 2.36. The molecule has 0 N–H and O–H groups in total. The van der Waals surface area contributed by atoms with Crippen LogP contribution in [-0.2, 0) is 6.54 Å². The predicted octanol–water partition coefficient (Wildman–Crippen LogP) is 3.33. The molecule has 1 aliphatic heterocycles. The Balaban J connectivity index is 1.80. The molecule has 0 bridgehead atoms. The molecule has 26 heavy (non-hydrogen) atoms. The smallest absolute Gasteiger partial charge is 0.260 e. The summed E-state index contributed by atoms with van der Waals surface area (Å²) < 4.78 is 21.5. The number of rotatable bonds is 2. The first-order valence-corrected chi connectivity index (χ1v) is 8.59. The fraction of sp³-hybridized carbons (Fsp3) is 0.316. The average Bonchev–Trinajstić information content (AvgIpc) is 3.02. The van der Waals surface area contributed by atoms with Crippen molar-refractivity contribution in [1.82, 2.24) is 14.8 Å². The summed E-state index contributed by atoms with van der Waals surface area (Å²) in [5.74, 6) is -0.574. The SMILES string of the molecule is CCn1ncc2cc(C(=O)N3CC(C)Oc4c(F)cccc43)c(C)nc21. The molecule has 0 spiro atoms. The number of carbonyl (C=O) groups is 1. The van der Waals surface area contributed by atoms with Crippen LogP contribution in [0.5, 0.6) is 5.75 Å². The number of benzene rings is 1. The Bertz CT molecular complexity index is 1010. The summed E-state index contributed by atoms with van der Waals surface area (Å²) in [5, 5.41) is 5.09. The molecule has 0 radical (unpaired) electrons. The van der Waals surface area contributed by atoms with Gasteiger partial charge in [-0.25, -0.2) is 14.1 Å². The number of para-hydroxylation sites is 1. The van der Waals surface area contributed by atoms with E-state index in [0.29, 0.717) is 30.0 Å². The number of halogens is 1. The van der Waals surface area contributed by atoms with Gasteiger partial charge in [0.2, 0.25) is 0 Å². The molecule has 0 saturated heterocycles. The third kappa shape index (κ3) is 2.51. The number of pyridine rings is 1. The highest BCUT2D eigenvalue weighted by Gasteiger charge is 2.31.